The van der Waals surface area contributed by atoms with E-state index in [1.807, 2.05) is 25.1 Å². The van der Waals surface area contributed by atoms with E-state index in [2.05, 4.69) is 6.07 Å². The maximum Gasteiger partial charge on any atom is 0.264 e. The first-order chi connectivity index (χ1) is 17.8. The topological polar surface area (TPSA) is 57.7 Å². The zero-order chi connectivity index (χ0) is 26.0. The van der Waals surface area contributed by atoms with Crippen molar-refractivity contribution < 1.29 is 13.2 Å². The number of amides is 1. The Balaban J connectivity index is 1.56. The van der Waals surface area contributed by atoms with Gasteiger partial charge in [-0.3, -0.25) is 9.10 Å². The first-order valence-corrected chi connectivity index (χ1v) is 13.9. The van der Waals surface area contributed by atoms with Crippen molar-refractivity contribution in [2.45, 2.75) is 31.3 Å². The molecule has 0 unspecified atom stereocenters. The molecule has 7 heteroatoms. The molecule has 0 radical (unpaired) electrons. The highest BCUT2D eigenvalue weighted by molar-refractivity contribution is 7.92. The molecule has 37 heavy (non-hydrogen) atoms. The minimum absolute atomic E-state index is 0.0561. The van der Waals surface area contributed by atoms with E-state index in [4.69, 9.17) is 11.6 Å². The number of anilines is 1. The fourth-order valence-electron chi connectivity index (χ4n) is 4.60. The van der Waals surface area contributed by atoms with E-state index < -0.39 is 10.0 Å². The van der Waals surface area contributed by atoms with Gasteiger partial charge in [-0.15, -0.1) is 0 Å². The Morgan fingerprint density at radius 1 is 0.865 bits per heavy atom. The maximum atomic E-state index is 14.0. The molecular weight excluding hydrogens is 504 g/mol. The monoisotopic (exact) mass is 530 g/mol. The van der Waals surface area contributed by atoms with E-state index in [9.17, 15) is 13.2 Å². The third-order valence-corrected chi connectivity index (χ3v) is 8.70. The molecule has 5 rings (SSSR count). The van der Waals surface area contributed by atoms with Crippen LogP contribution in [-0.4, -0.2) is 25.8 Å². The van der Waals surface area contributed by atoms with Gasteiger partial charge >= 0.3 is 0 Å². The Labute approximate surface area is 223 Å². The first-order valence-electron chi connectivity index (χ1n) is 12.1. The minimum atomic E-state index is -3.98. The summed E-state index contributed by atoms with van der Waals surface area (Å²) < 4.78 is 29.3. The molecule has 5 nitrogen and oxygen atoms in total. The van der Waals surface area contributed by atoms with Crippen LogP contribution in [0.15, 0.2) is 102 Å². The number of fused-ring (bicyclic) bond motifs is 1. The number of hydrogen-bond donors (Lipinski definition) is 0. The van der Waals surface area contributed by atoms with E-state index in [-0.39, 0.29) is 17.3 Å². The van der Waals surface area contributed by atoms with Gasteiger partial charge in [-0.1, -0.05) is 77.8 Å². The summed E-state index contributed by atoms with van der Waals surface area (Å²) in [4.78, 5) is 15.8. The van der Waals surface area contributed by atoms with Gasteiger partial charge < -0.3 is 4.90 Å². The number of carbonyl (C=O) groups excluding carboxylic acids is 1. The van der Waals surface area contributed by atoms with Crippen LogP contribution < -0.4 is 4.31 Å². The van der Waals surface area contributed by atoms with Gasteiger partial charge in [0.05, 0.1) is 22.7 Å². The average Bonchev–Trinajstić information content (AvgIpc) is 2.92. The van der Waals surface area contributed by atoms with Crippen LogP contribution in [0.1, 0.15) is 32.6 Å². The van der Waals surface area contributed by atoms with Crippen LogP contribution in [0.2, 0.25) is 5.02 Å². The molecule has 0 saturated carbocycles. The van der Waals surface area contributed by atoms with Crippen molar-refractivity contribution in [2.75, 3.05) is 10.8 Å². The van der Waals surface area contributed by atoms with Crippen molar-refractivity contribution >= 4 is 33.2 Å². The van der Waals surface area contributed by atoms with E-state index >= 15 is 0 Å². The smallest absolute Gasteiger partial charge is 0.264 e. The lowest BCUT2D eigenvalue weighted by molar-refractivity contribution is 0.0735. The number of rotatable bonds is 6. The summed E-state index contributed by atoms with van der Waals surface area (Å²) in [7, 11) is -3.98. The fraction of sp³-hybridized carbons (Fsp3) is 0.167. The van der Waals surface area contributed by atoms with Gasteiger partial charge in [0.1, 0.15) is 0 Å². The summed E-state index contributed by atoms with van der Waals surface area (Å²) in [6.45, 7) is 3.03. The normalized spacial score (nSPS) is 13.2. The van der Waals surface area contributed by atoms with Gasteiger partial charge in [0.2, 0.25) is 0 Å². The van der Waals surface area contributed by atoms with Crippen molar-refractivity contribution in [1.82, 2.24) is 4.90 Å². The second kappa shape index (κ2) is 10.4. The van der Waals surface area contributed by atoms with Crippen molar-refractivity contribution in [3.63, 3.8) is 0 Å². The Hall–Kier alpha value is -3.61. The molecule has 4 aromatic carbocycles. The molecule has 1 heterocycles. The third-order valence-electron chi connectivity index (χ3n) is 6.67. The number of carbonyl (C=O) groups is 1. The molecule has 0 spiro atoms. The van der Waals surface area contributed by atoms with Crippen LogP contribution in [0.5, 0.6) is 0 Å². The van der Waals surface area contributed by atoms with Crippen LogP contribution in [0.25, 0.3) is 0 Å². The molecule has 0 fully saturated rings. The van der Waals surface area contributed by atoms with E-state index in [1.54, 1.807) is 77.7 Å². The predicted octanol–water partition coefficient (Wildman–Crippen LogP) is 6.24. The van der Waals surface area contributed by atoms with Crippen molar-refractivity contribution in [3.05, 3.63) is 130 Å². The summed E-state index contributed by atoms with van der Waals surface area (Å²) in [6.07, 6.45) is 0.764. The maximum absolute atomic E-state index is 14.0. The van der Waals surface area contributed by atoms with Crippen LogP contribution in [-0.2, 0) is 29.5 Å². The molecule has 4 aromatic rings. The van der Waals surface area contributed by atoms with Gasteiger partial charge in [-0.25, -0.2) is 8.42 Å². The van der Waals surface area contributed by atoms with Gasteiger partial charge in [0.25, 0.3) is 15.9 Å². The highest BCUT2D eigenvalue weighted by atomic mass is 35.5. The lowest BCUT2D eigenvalue weighted by Gasteiger charge is -2.31. The third kappa shape index (κ3) is 5.26. The van der Waals surface area contributed by atoms with Gasteiger partial charge in [-0.2, -0.15) is 0 Å². The standard InChI is InChI=1S/C30H27ClN2O3S/c1-22-10-16-27(17-11-22)37(35,36)33(20-23-12-14-26(31)15-13-23)29-9-5-4-8-28(29)30(34)32-19-18-24-6-2-3-7-25(24)21-32/h2-17H,18-21H2,1H3. The van der Waals surface area contributed by atoms with Crippen LogP contribution in [0.3, 0.4) is 0 Å². The van der Waals surface area contributed by atoms with Crippen LogP contribution in [0, 0.1) is 6.92 Å². The fourth-order valence-corrected chi connectivity index (χ4v) is 6.20. The summed E-state index contributed by atoms with van der Waals surface area (Å²) >= 11 is 6.07. The Bertz CT molecular complexity index is 1530. The molecule has 0 atom stereocenters. The van der Waals surface area contributed by atoms with Gasteiger partial charge in [-0.05, 0) is 66.4 Å². The lowest BCUT2D eigenvalue weighted by Crippen LogP contribution is -2.38. The number of hydrogen-bond acceptors (Lipinski definition) is 3. The Morgan fingerprint density at radius 3 is 2.24 bits per heavy atom. The summed E-state index contributed by atoms with van der Waals surface area (Å²) in [6, 6.07) is 28.9. The number of halogens is 1. The van der Waals surface area contributed by atoms with E-state index in [0.717, 1.165) is 23.1 Å². The number of nitrogens with zero attached hydrogens (tertiary/aromatic N) is 2. The Kier molecular flexibility index (Phi) is 7.04. The number of aryl methyl sites for hydroxylation is 1. The van der Waals surface area contributed by atoms with Crippen molar-refractivity contribution in [2.24, 2.45) is 0 Å². The average molecular weight is 531 g/mol. The molecule has 1 aliphatic rings. The molecule has 0 aliphatic carbocycles. The molecule has 1 amide bonds. The van der Waals surface area contributed by atoms with Gasteiger partial charge in [0, 0.05) is 18.1 Å². The second-order valence-corrected chi connectivity index (χ2v) is 11.5. The van der Waals surface area contributed by atoms with Crippen molar-refractivity contribution in [1.29, 1.82) is 0 Å². The quantitative estimate of drug-likeness (QED) is 0.296. The van der Waals surface area contributed by atoms with Crippen molar-refractivity contribution in [3.8, 4) is 0 Å². The number of para-hydroxylation sites is 1. The SMILES string of the molecule is Cc1ccc(S(=O)(=O)N(Cc2ccc(Cl)cc2)c2ccccc2C(=O)N2CCc3ccccc3C2)cc1. The zero-order valence-electron chi connectivity index (χ0n) is 20.5. The molecule has 188 valence electrons. The molecule has 0 bridgehead atoms. The molecule has 0 aromatic heterocycles. The molecular formula is C30H27ClN2O3S. The number of sulfonamides is 1. The molecule has 0 N–H and O–H groups in total. The van der Waals surface area contributed by atoms with Gasteiger partial charge in [0.15, 0.2) is 0 Å². The first kappa shape index (κ1) is 25.1. The highest BCUT2D eigenvalue weighted by Gasteiger charge is 2.31. The lowest BCUT2D eigenvalue weighted by atomic mass is 9.99. The largest absolute Gasteiger partial charge is 0.334 e. The highest BCUT2D eigenvalue weighted by Crippen LogP contribution is 2.31. The van der Waals surface area contributed by atoms with Crippen LogP contribution in [0.4, 0.5) is 5.69 Å². The predicted molar refractivity (Wildman–Crippen MR) is 147 cm³/mol. The van der Waals surface area contributed by atoms with Crippen LogP contribution >= 0.6 is 11.6 Å². The second-order valence-electron chi connectivity index (χ2n) is 9.21. The van der Waals surface area contributed by atoms with E-state index in [0.29, 0.717) is 29.4 Å². The molecule has 1 aliphatic heterocycles. The number of benzene rings is 4. The summed E-state index contributed by atoms with van der Waals surface area (Å²) in [5, 5.41) is 0.567. The minimum Gasteiger partial charge on any atom is -0.334 e. The molecule has 0 saturated heterocycles. The van der Waals surface area contributed by atoms with E-state index in [1.165, 1.54) is 9.87 Å². The summed E-state index contributed by atoms with van der Waals surface area (Å²) in [5.74, 6) is -0.190. The Morgan fingerprint density at radius 2 is 1.51 bits per heavy atom. The summed E-state index contributed by atoms with van der Waals surface area (Å²) in [5.41, 5.74) is 4.78. The zero-order valence-corrected chi connectivity index (χ0v) is 22.0.